The number of benzene rings is 2. The summed E-state index contributed by atoms with van der Waals surface area (Å²) in [6.07, 6.45) is 2.25. The van der Waals surface area contributed by atoms with Crippen molar-refractivity contribution in [1.29, 1.82) is 0 Å². The summed E-state index contributed by atoms with van der Waals surface area (Å²) in [4.78, 5) is 4.29. The third kappa shape index (κ3) is 6.57. The fourth-order valence-corrected chi connectivity index (χ4v) is 3.63. The quantitative estimate of drug-likeness (QED) is 0.328. The summed E-state index contributed by atoms with van der Waals surface area (Å²) in [6.45, 7) is 4.12. The molecule has 2 aromatic rings. The Morgan fingerprint density at radius 1 is 1.20 bits per heavy atom. The molecule has 0 saturated carbocycles. The lowest BCUT2D eigenvalue weighted by molar-refractivity contribution is -0.0265. The summed E-state index contributed by atoms with van der Waals surface area (Å²) in [5.74, 6) is 0.934. The summed E-state index contributed by atoms with van der Waals surface area (Å²) >= 11 is 0. The number of hydrogen-bond acceptors (Lipinski definition) is 3. The van der Waals surface area contributed by atoms with Crippen molar-refractivity contribution in [3.63, 3.8) is 0 Å². The molecule has 0 bridgehead atoms. The van der Waals surface area contributed by atoms with Crippen molar-refractivity contribution in [1.82, 2.24) is 10.6 Å². The van der Waals surface area contributed by atoms with E-state index in [1.54, 1.807) is 13.1 Å². The summed E-state index contributed by atoms with van der Waals surface area (Å²) in [5.41, 5.74) is 3.29. The van der Waals surface area contributed by atoms with Gasteiger partial charge in [0.25, 0.3) is 0 Å². The van der Waals surface area contributed by atoms with Crippen LogP contribution in [0.5, 0.6) is 5.75 Å². The van der Waals surface area contributed by atoms with Crippen molar-refractivity contribution in [3.8, 4) is 5.75 Å². The summed E-state index contributed by atoms with van der Waals surface area (Å²) < 4.78 is 24.9. The minimum atomic E-state index is -0.366. The highest BCUT2D eigenvalue weighted by molar-refractivity contribution is 14.0. The first-order chi connectivity index (χ1) is 14.1. The molecule has 164 valence electrons. The van der Waals surface area contributed by atoms with E-state index in [0.717, 1.165) is 31.6 Å². The van der Waals surface area contributed by atoms with Gasteiger partial charge in [-0.1, -0.05) is 35.9 Å². The average Bonchev–Trinajstić information content (AvgIpc) is 2.75. The van der Waals surface area contributed by atoms with Crippen LogP contribution in [0.25, 0.3) is 0 Å². The number of rotatable bonds is 6. The molecular weight excluding hydrogens is 496 g/mol. The lowest BCUT2D eigenvalue weighted by atomic mass is 9.89. The molecule has 1 saturated heterocycles. The van der Waals surface area contributed by atoms with Gasteiger partial charge < -0.3 is 20.1 Å². The van der Waals surface area contributed by atoms with Crippen LogP contribution in [0.1, 0.15) is 35.6 Å². The topological polar surface area (TPSA) is 54.9 Å². The van der Waals surface area contributed by atoms with Gasteiger partial charge in [0.2, 0.25) is 0 Å². The fraction of sp³-hybridized carbons (Fsp3) is 0.435. The third-order valence-electron chi connectivity index (χ3n) is 5.28. The summed E-state index contributed by atoms with van der Waals surface area (Å²) in [6, 6.07) is 13.5. The molecular formula is C23H31FIN3O2. The van der Waals surface area contributed by atoms with Crippen LogP contribution in [0.3, 0.4) is 0 Å². The van der Waals surface area contributed by atoms with Crippen LogP contribution in [-0.4, -0.2) is 33.3 Å². The lowest BCUT2D eigenvalue weighted by Gasteiger charge is -2.32. The Hall–Kier alpha value is -1.87. The van der Waals surface area contributed by atoms with Crippen molar-refractivity contribution >= 4 is 29.9 Å². The van der Waals surface area contributed by atoms with E-state index in [0.29, 0.717) is 18.4 Å². The Bertz CT molecular complexity index is 830. The van der Waals surface area contributed by atoms with Crippen molar-refractivity contribution in [2.24, 2.45) is 10.9 Å². The number of guanidine groups is 1. The van der Waals surface area contributed by atoms with Crippen molar-refractivity contribution < 1.29 is 13.9 Å². The molecule has 0 amide bonds. The Labute approximate surface area is 195 Å². The molecule has 1 aliphatic rings. The van der Waals surface area contributed by atoms with Crippen molar-refractivity contribution in [2.45, 2.75) is 32.4 Å². The Morgan fingerprint density at radius 3 is 2.63 bits per heavy atom. The minimum absolute atomic E-state index is 0. The number of aryl methyl sites for hydroxylation is 1. The Kier molecular flexibility index (Phi) is 9.84. The first-order valence-corrected chi connectivity index (χ1v) is 10.1. The van der Waals surface area contributed by atoms with Gasteiger partial charge in [-0.05, 0) is 43.0 Å². The average molecular weight is 527 g/mol. The standard InChI is InChI=1S/C23H30FN3O2.HI/c1-16-6-9-18(10-7-16)22-19(5-4-12-29-22)15-27-23(25-2)26-14-17-8-11-21(28-3)20(24)13-17;/h6-11,13,19,22H,4-5,12,14-15H2,1-3H3,(H2,25,26,27);1H. The zero-order chi connectivity index (χ0) is 20.6. The van der Waals surface area contributed by atoms with Gasteiger partial charge >= 0.3 is 0 Å². The van der Waals surface area contributed by atoms with Crippen molar-refractivity contribution in [2.75, 3.05) is 27.3 Å². The molecule has 2 N–H and O–H groups in total. The highest BCUT2D eigenvalue weighted by atomic mass is 127. The molecule has 30 heavy (non-hydrogen) atoms. The number of methoxy groups -OCH3 is 1. The highest BCUT2D eigenvalue weighted by Gasteiger charge is 2.27. The second-order valence-corrected chi connectivity index (χ2v) is 7.38. The van der Waals surface area contributed by atoms with Crippen LogP contribution in [0, 0.1) is 18.7 Å². The van der Waals surface area contributed by atoms with E-state index in [1.807, 2.05) is 6.07 Å². The third-order valence-corrected chi connectivity index (χ3v) is 5.28. The fourth-order valence-electron chi connectivity index (χ4n) is 3.63. The van der Waals surface area contributed by atoms with Gasteiger partial charge in [0.15, 0.2) is 17.5 Å². The van der Waals surface area contributed by atoms with E-state index in [4.69, 9.17) is 9.47 Å². The maximum Gasteiger partial charge on any atom is 0.191 e. The second kappa shape index (κ2) is 12.1. The van der Waals surface area contributed by atoms with Gasteiger partial charge in [-0.15, -0.1) is 24.0 Å². The second-order valence-electron chi connectivity index (χ2n) is 7.38. The predicted molar refractivity (Wildman–Crippen MR) is 129 cm³/mol. The highest BCUT2D eigenvalue weighted by Crippen LogP contribution is 2.33. The molecule has 0 aromatic heterocycles. The van der Waals surface area contributed by atoms with E-state index in [1.165, 1.54) is 24.3 Å². The van der Waals surface area contributed by atoms with Crippen LogP contribution in [0.15, 0.2) is 47.5 Å². The molecule has 0 spiro atoms. The zero-order valence-corrected chi connectivity index (χ0v) is 20.1. The van der Waals surface area contributed by atoms with E-state index >= 15 is 0 Å². The molecule has 0 aliphatic carbocycles. The van der Waals surface area contributed by atoms with E-state index in [9.17, 15) is 4.39 Å². The maximum atomic E-state index is 13.9. The van der Waals surface area contributed by atoms with Gasteiger partial charge in [-0.25, -0.2) is 4.39 Å². The number of aliphatic imine (C=N–C) groups is 1. The zero-order valence-electron chi connectivity index (χ0n) is 17.8. The molecule has 1 fully saturated rings. The molecule has 2 atom stereocenters. The number of ether oxygens (including phenoxy) is 2. The van der Waals surface area contributed by atoms with Gasteiger partial charge in [-0.3, -0.25) is 4.99 Å². The number of halogens is 2. The van der Waals surface area contributed by atoms with Crippen LogP contribution >= 0.6 is 24.0 Å². The van der Waals surface area contributed by atoms with Gasteiger partial charge in [0.1, 0.15) is 0 Å². The predicted octanol–water partition coefficient (Wildman–Crippen LogP) is 4.59. The summed E-state index contributed by atoms with van der Waals surface area (Å²) in [7, 11) is 3.19. The molecule has 2 aromatic carbocycles. The molecule has 3 rings (SSSR count). The van der Waals surface area contributed by atoms with Gasteiger partial charge in [0.05, 0.1) is 13.2 Å². The Balaban J connectivity index is 0.00000320. The molecule has 0 radical (unpaired) electrons. The van der Waals surface area contributed by atoms with E-state index in [2.05, 4.69) is 46.8 Å². The number of nitrogens with one attached hydrogen (secondary N) is 2. The van der Waals surface area contributed by atoms with Crippen LogP contribution in [-0.2, 0) is 11.3 Å². The lowest BCUT2D eigenvalue weighted by Crippen LogP contribution is -2.41. The largest absolute Gasteiger partial charge is 0.494 e. The molecule has 7 heteroatoms. The molecule has 5 nitrogen and oxygen atoms in total. The molecule has 2 unspecified atom stereocenters. The van der Waals surface area contributed by atoms with Crippen LogP contribution in [0.2, 0.25) is 0 Å². The van der Waals surface area contributed by atoms with Crippen molar-refractivity contribution in [3.05, 3.63) is 65.0 Å². The first-order valence-electron chi connectivity index (χ1n) is 10.1. The molecule has 1 aliphatic heterocycles. The number of nitrogens with zero attached hydrogens (tertiary/aromatic N) is 1. The van der Waals surface area contributed by atoms with Gasteiger partial charge in [0, 0.05) is 32.7 Å². The monoisotopic (exact) mass is 527 g/mol. The first kappa shape index (κ1) is 24.4. The van der Waals surface area contributed by atoms with Crippen LogP contribution in [0.4, 0.5) is 4.39 Å². The minimum Gasteiger partial charge on any atom is -0.494 e. The SMILES string of the molecule is CN=C(NCc1ccc(OC)c(F)c1)NCC1CCCOC1c1ccc(C)cc1.I. The summed E-state index contributed by atoms with van der Waals surface area (Å²) in [5, 5.41) is 6.64. The Morgan fingerprint density at radius 2 is 1.97 bits per heavy atom. The maximum absolute atomic E-state index is 13.9. The van der Waals surface area contributed by atoms with E-state index < -0.39 is 0 Å². The van der Waals surface area contributed by atoms with E-state index in [-0.39, 0.29) is 41.6 Å². The van der Waals surface area contributed by atoms with Gasteiger partial charge in [-0.2, -0.15) is 0 Å². The molecule has 1 heterocycles. The normalized spacial score (nSPS) is 19.0. The van der Waals surface area contributed by atoms with Crippen LogP contribution < -0.4 is 15.4 Å². The smallest absolute Gasteiger partial charge is 0.191 e. The number of hydrogen-bond donors (Lipinski definition) is 2.